The Labute approximate surface area is 89.4 Å². The molecule has 0 heterocycles. The molecule has 0 bridgehead atoms. The van der Waals surface area contributed by atoms with E-state index in [0.29, 0.717) is 5.92 Å². The van der Waals surface area contributed by atoms with Crippen LogP contribution in [0.5, 0.6) is 0 Å². The van der Waals surface area contributed by atoms with E-state index in [0.717, 1.165) is 5.92 Å². The third-order valence-corrected chi connectivity index (χ3v) is 2.28. The SMILES string of the molecule is CC(C)c1ccccc1.CCC(C)C. The maximum absolute atomic E-state index is 2.22. The lowest BCUT2D eigenvalue weighted by Gasteiger charge is -2.01. The zero-order chi connectivity index (χ0) is 11.0. The van der Waals surface area contributed by atoms with E-state index < -0.39 is 0 Å². The molecule has 0 N–H and O–H groups in total. The van der Waals surface area contributed by atoms with E-state index in [1.54, 1.807) is 0 Å². The van der Waals surface area contributed by atoms with Crippen molar-refractivity contribution in [1.82, 2.24) is 0 Å². The van der Waals surface area contributed by atoms with Crippen LogP contribution in [0, 0.1) is 5.92 Å². The van der Waals surface area contributed by atoms with Gasteiger partial charge in [-0.2, -0.15) is 0 Å². The Morgan fingerprint density at radius 2 is 1.36 bits per heavy atom. The number of rotatable bonds is 2. The third-order valence-electron chi connectivity index (χ3n) is 2.28. The highest BCUT2D eigenvalue weighted by Gasteiger charge is 1.93. The second-order valence-corrected chi connectivity index (χ2v) is 4.37. The molecule has 80 valence electrons. The topological polar surface area (TPSA) is 0 Å². The van der Waals surface area contributed by atoms with E-state index in [1.807, 2.05) is 6.07 Å². The largest absolute Gasteiger partial charge is 0.0651 e. The fourth-order valence-electron chi connectivity index (χ4n) is 0.838. The van der Waals surface area contributed by atoms with Crippen LogP contribution in [-0.4, -0.2) is 0 Å². The summed E-state index contributed by atoms with van der Waals surface area (Å²) in [5, 5.41) is 0. The molecule has 0 aliphatic rings. The first kappa shape index (κ1) is 13.2. The molecule has 1 aromatic rings. The standard InChI is InChI=1S/C9H12.C5H12/c1-8(2)9-6-4-3-5-7-9;1-4-5(2)3/h3-8H,1-2H3;5H,4H2,1-3H3. The lowest BCUT2D eigenvalue weighted by atomic mass is 10.0. The number of hydrogen-bond donors (Lipinski definition) is 0. The molecule has 0 spiro atoms. The van der Waals surface area contributed by atoms with Crippen LogP contribution >= 0.6 is 0 Å². The minimum atomic E-state index is 0.659. The highest BCUT2D eigenvalue weighted by Crippen LogP contribution is 2.11. The molecule has 14 heavy (non-hydrogen) atoms. The molecular formula is C14H24. The summed E-state index contributed by atoms with van der Waals surface area (Å²) in [5.41, 5.74) is 1.41. The molecule has 0 aromatic heterocycles. The monoisotopic (exact) mass is 192 g/mol. The molecule has 0 saturated carbocycles. The van der Waals surface area contributed by atoms with Crippen LogP contribution in [0.3, 0.4) is 0 Å². The van der Waals surface area contributed by atoms with Gasteiger partial charge in [-0.1, -0.05) is 71.4 Å². The summed E-state index contributed by atoms with van der Waals surface area (Å²) < 4.78 is 0. The fourth-order valence-corrected chi connectivity index (χ4v) is 0.838. The van der Waals surface area contributed by atoms with Gasteiger partial charge in [-0.15, -0.1) is 0 Å². The summed E-state index contributed by atoms with van der Waals surface area (Å²) >= 11 is 0. The van der Waals surface area contributed by atoms with Crippen LogP contribution in [0.1, 0.15) is 52.5 Å². The smallest absolute Gasteiger partial charge is 0.0219 e. The molecule has 1 rings (SSSR count). The molecule has 1 aromatic carbocycles. The molecule has 0 nitrogen and oxygen atoms in total. The van der Waals surface area contributed by atoms with Crippen molar-refractivity contribution < 1.29 is 0 Å². The molecule has 0 unspecified atom stereocenters. The maximum atomic E-state index is 2.22. The highest BCUT2D eigenvalue weighted by atomic mass is 14.0. The quantitative estimate of drug-likeness (QED) is 0.627. The Morgan fingerprint density at radius 1 is 0.929 bits per heavy atom. The first-order valence-electron chi connectivity index (χ1n) is 5.62. The van der Waals surface area contributed by atoms with Gasteiger partial charge in [0, 0.05) is 0 Å². The van der Waals surface area contributed by atoms with Gasteiger partial charge in [0.15, 0.2) is 0 Å². The van der Waals surface area contributed by atoms with Crippen molar-refractivity contribution in [3.63, 3.8) is 0 Å². The number of hydrogen-bond acceptors (Lipinski definition) is 0. The second-order valence-electron chi connectivity index (χ2n) is 4.37. The van der Waals surface area contributed by atoms with Gasteiger partial charge in [-0.25, -0.2) is 0 Å². The van der Waals surface area contributed by atoms with E-state index >= 15 is 0 Å². The van der Waals surface area contributed by atoms with Crippen molar-refractivity contribution in [3.8, 4) is 0 Å². The first-order chi connectivity index (χ1) is 6.57. The van der Waals surface area contributed by atoms with Crippen molar-refractivity contribution in [3.05, 3.63) is 35.9 Å². The molecule has 0 radical (unpaired) electrons. The Kier molecular flexibility index (Phi) is 7.18. The third kappa shape index (κ3) is 6.71. The van der Waals surface area contributed by atoms with Crippen molar-refractivity contribution in [1.29, 1.82) is 0 Å². The van der Waals surface area contributed by atoms with Crippen molar-refractivity contribution >= 4 is 0 Å². The van der Waals surface area contributed by atoms with E-state index in [-0.39, 0.29) is 0 Å². The van der Waals surface area contributed by atoms with Gasteiger partial charge >= 0.3 is 0 Å². The molecule has 0 fully saturated rings. The Hall–Kier alpha value is -0.780. The van der Waals surface area contributed by atoms with Gasteiger partial charge in [0.2, 0.25) is 0 Å². The van der Waals surface area contributed by atoms with E-state index in [4.69, 9.17) is 0 Å². The lowest BCUT2D eigenvalue weighted by Crippen LogP contribution is -1.83. The zero-order valence-corrected chi connectivity index (χ0v) is 10.2. The van der Waals surface area contributed by atoms with Gasteiger partial charge in [0.25, 0.3) is 0 Å². The summed E-state index contributed by atoms with van der Waals surface area (Å²) in [6.07, 6.45) is 1.31. The fraction of sp³-hybridized carbons (Fsp3) is 0.571. The van der Waals surface area contributed by atoms with E-state index in [9.17, 15) is 0 Å². The minimum absolute atomic E-state index is 0.659. The van der Waals surface area contributed by atoms with Gasteiger partial charge in [0.05, 0.1) is 0 Å². The van der Waals surface area contributed by atoms with Crippen LogP contribution in [0.15, 0.2) is 30.3 Å². The first-order valence-corrected chi connectivity index (χ1v) is 5.62. The van der Waals surface area contributed by atoms with Crippen LogP contribution in [-0.2, 0) is 0 Å². The summed E-state index contributed by atoms with van der Waals surface area (Å²) in [7, 11) is 0. The average molecular weight is 192 g/mol. The van der Waals surface area contributed by atoms with E-state index in [2.05, 4.69) is 58.9 Å². The van der Waals surface area contributed by atoms with Gasteiger partial charge in [-0.05, 0) is 17.4 Å². The predicted molar refractivity (Wildman–Crippen MR) is 65.7 cm³/mol. The summed E-state index contributed by atoms with van der Waals surface area (Å²) in [4.78, 5) is 0. The van der Waals surface area contributed by atoms with Gasteiger partial charge < -0.3 is 0 Å². The average Bonchev–Trinajstić information content (AvgIpc) is 2.20. The van der Waals surface area contributed by atoms with Crippen LogP contribution in [0.4, 0.5) is 0 Å². The van der Waals surface area contributed by atoms with Crippen molar-refractivity contribution in [2.45, 2.75) is 47.0 Å². The van der Waals surface area contributed by atoms with Crippen LogP contribution in [0.2, 0.25) is 0 Å². The molecule has 0 saturated heterocycles. The Bertz CT molecular complexity index is 209. The summed E-state index contributed by atoms with van der Waals surface area (Å²) in [6, 6.07) is 10.5. The van der Waals surface area contributed by atoms with Crippen molar-refractivity contribution in [2.24, 2.45) is 5.92 Å². The molecule has 0 heteroatoms. The minimum Gasteiger partial charge on any atom is -0.0651 e. The summed E-state index contributed by atoms with van der Waals surface area (Å²) in [5.74, 6) is 1.54. The van der Waals surface area contributed by atoms with E-state index in [1.165, 1.54) is 12.0 Å². The summed E-state index contributed by atoms with van der Waals surface area (Å²) in [6.45, 7) is 11.1. The zero-order valence-electron chi connectivity index (χ0n) is 10.2. The molecule has 0 aliphatic carbocycles. The Morgan fingerprint density at radius 3 is 1.57 bits per heavy atom. The van der Waals surface area contributed by atoms with Crippen LogP contribution in [0.25, 0.3) is 0 Å². The highest BCUT2D eigenvalue weighted by molar-refractivity contribution is 5.17. The van der Waals surface area contributed by atoms with Crippen LogP contribution < -0.4 is 0 Å². The maximum Gasteiger partial charge on any atom is -0.0219 e. The molecule has 0 amide bonds. The lowest BCUT2D eigenvalue weighted by molar-refractivity contribution is 0.626. The molecule has 0 atom stereocenters. The predicted octanol–water partition coefficient (Wildman–Crippen LogP) is 4.86. The van der Waals surface area contributed by atoms with Gasteiger partial charge in [0.1, 0.15) is 0 Å². The molecular weight excluding hydrogens is 168 g/mol. The second kappa shape index (κ2) is 7.61. The van der Waals surface area contributed by atoms with Crippen molar-refractivity contribution in [2.75, 3.05) is 0 Å². The molecule has 0 aliphatic heterocycles. The van der Waals surface area contributed by atoms with Gasteiger partial charge in [-0.3, -0.25) is 0 Å². The normalized spacial score (nSPS) is 9.93. The number of benzene rings is 1. The Balaban J connectivity index is 0.000000292.